The van der Waals surface area contributed by atoms with Crippen molar-refractivity contribution in [1.82, 2.24) is 15.1 Å². The van der Waals surface area contributed by atoms with E-state index in [1.54, 1.807) is 17.0 Å². The first-order valence-electron chi connectivity index (χ1n) is 11.0. The lowest BCUT2D eigenvalue weighted by Crippen LogP contribution is -2.50. The van der Waals surface area contributed by atoms with Crippen LogP contribution in [-0.4, -0.2) is 65.0 Å². The maximum Gasteiger partial charge on any atom is 0.410 e. The SMILES string of the molecule is CC(C)(C)OC(=O)N1CCC(N(C(=O)CCNC(=O)c2ccc(Br)cc2)C2CC2)CC1. The molecule has 1 heterocycles. The molecule has 0 unspecified atom stereocenters. The van der Waals surface area contributed by atoms with Crippen LogP contribution in [0.3, 0.4) is 0 Å². The van der Waals surface area contributed by atoms with Gasteiger partial charge in [0.1, 0.15) is 5.60 Å². The number of ether oxygens (including phenoxy) is 1. The van der Waals surface area contributed by atoms with E-state index in [0.717, 1.165) is 30.2 Å². The van der Waals surface area contributed by atoms with Gasteiger partial charge in [-0.15, -0.1) is 0 Å². The standard InChI is InChI=1S/C23H32BrN3O4/c1-23(2,3)31-22(30)26-14-11-19(12-15-26)27(18-8-9-18)20(28)10-13-25-21(29)16-4-6-17(24)7-5-16/h4-7,18-19H,8-15H2,1-3H3,(H,25,29). The van der Waals surface area contributed by atoms with Gasteiger partial charge in [0, 0.05) is 48.2 Å². The van der Waals surface area contributed by atoms with Gasteiger partial charge in [-0.1, -0.05) is 15.9 Å². The van der Waals surface area contributed by atoms with Crippen LogP contribution in [0, 0.1) is 0 Å². The predicted octanol–water partition coefficient (Wildman–Crippen LogP) is 3.96. The van der Waals surface area contributed by atoms with Crippen LogP contribution in [0.25, 0.3) is 0 Å². The van der Waals surface area contributed by atoms with Crippen LogP contribution in [0.4, 0.5) is 4.79 Å². The number of rotatable bonds is 6. The number of likely N-dealkylation sites (tertiary alicyclic amines) is 1. The van der Waals surface area contributed by atoms with Crippen molar-refractivity contribution >= 4 is 33.8 Å². The second-order valence-electron chi connectivity index (χ2n) is 9.24. The highest BCUT2D eigenvalue weighted by atomic mass is 79.9. The number of amides is 3. The molecule has 8 heteroatoms. The summed E-state index contributed by atoms with van der Waals surface area (Å²) in [4.78, 5) is 41.2. The van der Waals surface area contributed by atoms with Crippen LogP contribution < -0.4 is 5.32 Å². The minimum Gasteiger partial charge on any atom is -0.444 e. The van der Waals surface area contributed by atoms with E-state index >= 15 is 0 Å². The first-order chi connectivity index (χ1) is 14.6. The summed E-state index contributed by atoms with van der Waals surface area (Å²) in [5, 5.41) is 2.84. The van der Waals surface area contributed by atoms with Crippen molar-refractivity contribution in [2.75, 3.05) is 19.6 Å². The molecule has 0 aromatic heterocycles. The minimum atomic E-state index is -0.509. The number of benzene rings is 1. The summed E-state index contributed by atoms with van der Waals surface area (Å²) in [5.41, 5.74) is 0.0640. The monoisotopic (exact) mass is 493 g/mol. The number of carbonyl (C=O) groups excluding carboxylic acids is 3. The summed E-state index contributed by atoms with van der Waals surface area (Å²) in [6.45, 7) is 7.09. The summed E-state index contributed by atoms with van der Waals surface area (Å²) in [7, 11) is 0. The summed E-state index contributed by atoms with van der Waals surface area (Å²) in [6.07, 6.45) is 3.57. The Labute approximate surface area is 192 Å². The van der Waals surface area contributed by atoms with Crippen molar-refractivity contribution in [2.45, 2.75) is 70.6 Å². The molecule has 0 atom stereocenters. The Morgan fingerprint density at radius 2 is 1.65 bits per heavy atom. The molecule has 1 aromatic carbocycles. The Kier molecular flexibility index (Phi) is 7.62. The predicted molar refractivity (Wildman–Crippen MR) is 122 cm³/mol. The molecular weight excluding hydrogens is 462 g/mol. The van der Waals surface area contributed by atoms with E-state index in [0.29, 0.717) is 31.2 Å². The molecule has 3 amide bonds. The van der Waals surface area contributed by atoms with Crippen LogP contribution in [0.1, 0.15) is 63.2 Å². The Hall–Kier alpha value is -2.09. The van der Waals surface area contributed by atoms with Crippen LogP contribution in [-0.2, 0) is 9.53 Å². The molecule has 1 aromatic rings. The van der Waals surface area contributed by atoms with E-state index in [-0.39, 0.29) is 30.4 Å². The molecule has 1 aliphatic carbocycles. The van der Waals surface area contributed by atoms with Gasteiger partial charge in [-0.05, 0) is 70.7 Å². The zero-order valence-electron chi connectivity index (χ0n) is 18.5. The third-order valence-electron chi connectivity index (χ3n) is 5.47. The van der Waals surface area contributed by atoms with Gasteiger partial charge in [-0.2, -0.15) is 0 Å². The summed E-state index contributed by atoms with van der Waals surface area (Å²) in [6, 6.07) is 7.57. The molecule has 2 fully saturated rings. The third-order valence-corrected chi connectivity index (χ3v) is 6.00. The third kappa shape index (κ3) is 6.95. The van der Waals surface area contributed by atoms with E-state index in [1.807, 2.05) is 37.8 Å². The molecule has 1 N–H and O–H groups in total. The zero-order chi connectivity index (χ0) is 22.6. The maximum absolute atomic E-state index is 13.0. The van der Waals surface area contributed by atoms with E-state index in [9.17, 15) is 14.4 Å². The molecule has 7 nitrogen and oxygen atoms in total. The molecular formula is C23H32BrN3O4. The van der Waals surface area contributed by atoms with Crippen LogP contribution in [0.15, 0.2) is 28.7 Å². The van der Waals surface area contributed by atoms with E-state index in [1.165, 1.54) is 0 Å². The fourth-order valence-corrected chi connectivity index (χ4v) is 4.09. The highest BCUT2D eigenvalue weighted by Crippen LogP contribution is 2.32. The molecule has 1 saturated heterocycles. The first-order valence-corrected chi connectivity index (χ1v) is 11.8. The van der Waals surface area contributed by atoms with Crippen LogP contribution >= 0.6 is 15.9 Å². The van der Waals surface area contributed by atoms with Crippen molar-refractivity contribution < 1.29 is 19.1 Å². The van der Waals surface area contributed by atoms with Crippen molar-refractivity contribution in [3.63, 3.8) is 0 Å². The maximum atomic E-state index is 13.0. The average Bonchev–Trinajstić information content (AvgIpc) is 3.53. The fourth-order valence-electron chi connectivity index (χ4n) is 3.83. The van der Waals surface area contributed by atoms with Gasteiger partial charge in [-0.3, -0.25) is 9.59 Å². The topological polar surface area (TPSA) is 79.0 Å². The number of carbonyl (C=O) groups is 3. The van der Waals surface area contributed by atoms with Gasteiger partial charge in [0.15, 0.2) is 0 Å². The Bertz CT molecular complexity index is 794. The number of piperidine rings is 1. The first kappa shape index (κ1) is 23.6. The Morgan fingerprint density at radius 1 is 1.06 bits per heavy atom. The van der Waals surface area contributed by atoms with Gasteiger partial charge >= 0.3 is 6.09 Å². The summed E-state index contributed by atoms with van der Waals surface area (Å²) < 4.78 is 6.38. The molecule has 1 saturated carbocycles. The van der Waals surface area contributed by atoms with E-state index in [4.69, 9.17) is 4.74 Å². The lowest BCUT2D eigenvalue weighted by atomic mass is 10.0. The number of nitrogens with zero attached hydrogens (tertiary/aromatic N) is 2. The number of hydrogen-bond donors (Lipinski definition) is 1. The van der Waals surface area contributed by atoms with E-state index < -0.39 is 5.60 Å². The summed E-state index contributed by atoms with van der Waals surface area (Å²) in [5.74, 6) is -0.0988. The van der Waals surface area contributed by atoms with Gasteiger partial charge in [0.05, 0.1) is 0 Å². The highest BCUT2D eigenvalue weighted by molar-refractivity contribution is 9.10. The van der Waals surface area contributed by atoms with Gasteiger partial charge in [0.2, 0.25) is 5.91 Å². The number of hydrogen-bond acceptors (Lipinski definition) is 4. The fraction of sp³-hybridized carbons (Fsp3) is 0.609. The molecule has 1 aliphatic heterocycles. The van der Waals surface area contributed by atoms with Gasteiger partial charge in [-0.25, -0.2) is 4.79 Å². The van der Waals surface area contributed by atoms with Crippen LogP contribution in [0.5, 0.6) is 0 Å². The Balaban J connectivity index is 1.47. The number of nitrogens with one attached hydrogen (secondary N) is 1. The molecule has 0 spiro atoms. The average molecular weight is 494 g/mol. The summed E-state index contributed by atoms with van der Waals surface area (Å²) >= 11 is 3.35. The van der Waals surface area contributed by atoms with Crippen molar-refractivity contribution in [3.05, 3.63) is 34.3 Å². The Morgan fingerprint density at radius 3 is 2.19 bits per heavy atom. The van der Waals surface area contributed by atoms with Crippen molar-refractivity contribution in [1.29, 1.82) is 0 Å². The molecule has 170 valence electrons. The van der Waals surface area contributed by atoms with Crippen molar-refractivity contribution in [2.24, 2.45) is 0 Å². The lowest BCUT2D eigenvalue weighted by molar-refractivity contribution is -0.135. The second kappa shape index (κ2) is 10.0. The largest absolute Gasteiger partial charge is 0.444 e. The van der Waals surface area contributed by atoms with Crippen molar-refractivity contribution in [3.8, 4) is 0 Å². The normalized spacial score (nSPS) is 17.2. The molecule has 0 bridgehead atoms. The zero-order valence-corrected chi connectivity index (χ0v) is 20.1. The molecule has 31 heavy (non-hydrogen) atoms. The van der Waals surface area contributed by atoms with Crippen LogP contribution in [0.2, 0.25) is 0 Å². The highest BCUT2D eigenvalue weighted by Gasteiger charge is 2.39. The smallest absolute Gasteiger partial charge is 0.410 e. The van der Waals surface area contributed by atoms with Gasteiger partial charge < -0.3 is 19.9 Å². The number of halogens is 1. The lowest BCUT2D eigenvalue weighted by Gasteiger charge is -2.39. The second-order valence-corrected chi connectivity index (χ2v) is 10.2. The van der Waals surface area contributed by atoms with Gasteiger partial charge in [0.25, 0.3) is 5.91 Å². The van der Waals surface area contributed by atoms with E-state index in [2.05, 4.69) is 21.2 Å². The molecule has 3 rings (SSSR count). The minimum absolute atomic E-state index is 0.0781. The molecule has 2 aliphatic rings. The quantitative estimate of drug-likeness (QED) is 0.650. The molecule has 0 radical (unpaired) electrons.